The SMILES string of the molecule is O=C(CO)C1CCOCC1. The van der Waals surface area contributed by atoms with Gasteiger partial charge < -0.3 is 9.84 Å². The molecule has 0 unspecified atom stereocenters. The fourth-order valence-corrected chi connectivity index (χ4v) is 1.15. The Kier molecular flexibility index (Phi) is 2.83. The molecular weight excluding hydrogens is 132 g/mol. The van der Waals surface area contributed by atoms with Crippen molar-refractivity contribution in [2.45, 2.75) is 12.8 Å². The minimum atomic E-state index is -0.315. The van der Waals surface area contributed by atoms with Gasteiger partial charge in [-0.25, -0.2) is 0 Å². The number of Topliss-reactive ketones (excluding diaryl/α,β-unsaturated/α-hetero) is 1. The van der Waals surface area contributed by atoms with Gasteiger partial charge in [-0.3, -0.25) is 4.79 Å². The van der Waals surface area contributed by atoms with E-state index < -0.39 is 0 Å². The summed E-state index contributed by atoms with van der Waals surface area (Å²) in [5, 5.41) is 8.50. The Bertz CT molecular complexity index is 116. The van der Waals surface area contributed by atoms with Crippen LogP contribution in [-0.2, 0) is 9.53 Å². The first-order chi connectivity index (χ1) is 4.84. The maximum absolute atomic E-state index is 10.9. The van der Waals surface area contributed by atoms with E-state index in [1.54, 1.807) is 0 Å². The van der Waals surface area contributed by atoms with Crippen LogP contribution in [0.4, 0.5) is 0 Å². The van der Waals surface area contributed by atoms with Crippen molar-refractivity contribution < 1.29 is 14.6 Å². The van der Waals surface area contributed by atoms with Gasteiger partial charge in [0, 0.05) is 19.1 Å². The molecule has 58 valence electrons. The van der Waals surface area contributed by atoms with Gasteiger partial charge in [-0.1, -0.05) is 0 Å². The van der Waals surface area contributed by atoms with E-state index in [0.717, 1.165) is 12.8 Å². The molecule has 0 aromatic carbocycles. The third-order valence-corrected chi connectivity index (χ3v) is 1.83. The van der Waals surface area contributed by atoms with Crippen molar-refractivity contribution in [3.8, 4) is 0 Å². The zero-order valence-corrected chi connectivity index (χ0v) is 5.88. The van der Waals surface area contributed by atoms with E-state index in [9.17, 15) is 4.79 Å². The van der Waals surface area contributed by atoms with Crippen LogP contribution in [0.3, 0.4) is 0 Å². The monoisotopic (exact) mass is 144 g/mol. The molecule has 0 atom stereocenters. The fraction of sp³-hybridized carbons (Fsp3) is 0.857. The molecule has 3 nitrogen and oxygen atoms in total. The summed E-state index contributed by atoms with van der Waals surface area (Å²) in [6.07, 6.45) is 1.55. The predicted octanol–water partition coefficient (Wildman–Crippen LogP) is -0.0256. The number of rotatable bonds is 2. The second-order valence-corrected chi connectivity index (χ2v) is 2.51. The third-order valence-electron chi connectivity index (χ3n) is 1.83. The standard InChI is InChI=1S/C7H12O3/c8-5-7(9)6-1-3-10-4-2-6/h6,8H,1-5H2. The van der Waals surface area contributed by atoms with Crippen LogP contribution >= 0.6 is 0 Å². The lowest BCUT2D eigenvalue weighted by Gasteiger charge is -2.19. The van der Waals surface area contributed by atoms with Crippen molar-refractivity contribution in [3.05, 3.63) is 0 Å². The van der Waals surface area contributed by atoms with Crippen molar-refractivity contribution in [3.63, 3.8) is 0 Å². The van der Waals surface area contributed by atoms with Crippen LogP contribution in [0.15, 0.2) is 0 Å². The molecule has 1 rings (SSSR count). The summed E-state index contributed by atoms with van der Waals surface area (Å²) in [4.78, 5) is 10.9. The Morgan fingerprint density at radius 1 is 1.50 bits per heavy atom. The molecular formula is C7H12O3. The number of aliphatic hydroxyl groups is 1. The number of ketones is 1. The molecule has 1 saturated heterocycles. The van der Waals surface area contributed by atoms with Gasteiger partial charge in [0.1, 0.15) is 6.61 Å². The number of hydrogen-bond acceptors (Lipinski definition) is 3. The summed E-state index contributed by atoms with van der Waals surface area (Å²) in [7, 11) is 0. The molecule has 0 aromatic heterocycles. The first kappa shape index (κ1) is 7.69. The Balaban J connectivity index is 2.31. The molecule has 0 spiro atoms. The van der Waals surface area contributed by atoms with Gasteiger partial charge >= 0.3 is 0 Å². The van der Waals surface area contributed by atoms with Crippen molar-refractivity contribution >= 4 is 5.78 Å². The van der Waals surface area contributed by atoms with E-state index >= 15 is 0 Å². The Morgan fingerprint density at radius 2 is 2.10 bits per heavy atom. The van der Waals surface area contributed by atoms with Gasteiger partial charge in [0.25, 0.3) is 0 Å². The van der Waals surface area contributed by atoms with E-state index in [4.69, 9.17) is 9.84 Å². The van der Waals surface area contributed by atoms with E-state index in [0.29, 0.717) is 13.2 Å². The topological polar surface area (TPSA) is 46.5 Å². The molecule has 0 aliphatic carbocycles. The van der Waals surface area contributed by atoms with Gasteiger partial charge in [0.05, 0.1) is 0 Å². The number of carbonyl (C=O) groups is 1. The zero-order chi connectivity index (χ0) is 7.40. The van der Waals surface area contributed by atoms with Crippen LogP contribution in [0.2, 0.25) is 0 Å². The smallest absolute Gasteiger partial charge is 0.161 e. The largest absolute Gasteiger partial charge is 0.389 e. The zero-order valence-electron chi connectivity index (χ0n) is 5.88. The second kappa shape index (κ2) is 3.68. The molecule has 10 heavy (non-hydrogen) atoms. The van der Waals surface area contributed by atoms with E-state index in [1.165, 1.54) is 0 Å². The highest BCUT2D eigenvalue weighted by molar-refractivity contribution is 5.81. The lowest BCUT2D eigenvalue weighted by Crippen LogP contribution is -2.25. The predicted molar refractivity (Wildman–Crippen MR) is 35.6 cm³/mol. The van der Waals surface area contributed by atoms with E-state index in [2.05, 4.69) is 0 Å². The number of ether oxygens (including phenoxy) is 1. The highest BCUT2D eigenvalue weighted by atomic mass is 16.5. The molecule has 3 heteroatoms. The molecule has 1 aliphatic heterocycles. The fourth-order valence-electron chi connectivity index (χ4n) is 1.15. The number of hydrogen-bond donors (Lipinski definition) is 1. The average Bonchev–Trinajstić information content (AvgIpc) is 2.05. The molecule has 1 aliphatic rings. The summed E-state index contributed by atoms with van der Waals surface area (Å²) in [6, 6.07) is 0. The molecule has 0 saturated carbocycles. The summed E-state index contributed by atoms with van der Waals surface area (Å²) in [5.41, 5.74) is 0. The highest BCUT2D eigenvalue weighted by Crippen LogP contribution is 2.14. The maximum Gasteiger partial charge on any atom is 0.161 e. The average molecular weight is 144 g/mol. The van der Waals surface area contributed by atoms with Gasteiger partial charge in [-0.15, -0.1) is 0 Å². The first-order valence-corrected chi connectivity index (χ1v) is 3.56. The minimum Gasteiger partial charge on any atom is -0.389 e. The molecule has 1 N–H and O–H groups in total. The van der Waals surface area contributed by atoms with E-state index in [1.807, 2.05) is 0 Å². The number of aliphatic hydroxyl groups excluding tert-OH is 1. The van der Waals surface area contributed by atoms with Gasteiger partial charge in [-0.05, 0) is 12.8 Å². The molecule has 0 aromatic rings. The maximum atomic E-state index is 10.9. The van der Waals surface area contributed by atoms with Crippen LogP contribution in [0.1, 0.15) is 12.8 Å². The molecule has 0 radical (unpaired) electrons. The van der Waals surface area contributed by atoms with Crippen molar-refractivity contribution in [2.24, 2.45) is 5.92 Å². The normalized spacial score (nSPS) is 20.9. The Labute approximate surface area is 60.0 Å². The van der Waals surface area contributed by atoms with Crippen LogP contribution in [0, 0.1) is 5.92 Å². The molecule has 0 bridgehead atoms. The summed E-state index contributed by atoms with van der Waals surface area (Å²) >= 11 is 0. The van der Waals surface area contributed by atoms with Crippen molar-refractivity contribution in [1.29, 1.82) is 0 Å². The minimum absolute atomic E-state index is 0.0386. The molecule has 1 fully saturated rings. The van der Waals surface area contributed by atoms with Crippen molar-refractivity contribution in [2.75, 3.05) is 19.8 Å². The second-order valence-electron chi connectivity index (χ2n) is 2.51. The van der Waals surface area contributed by atoms with Crippen molar-refractivity contribution in [1.82, 2.24) is 0 Å². The van der Waals surface area contributed by atoms with Gasteiger partial charge in [-0.2, -0.15) is 0 Å². The quantitative estimate of drug-likeness (QED) is 0.592. The van der Waals surface area contributed by atoms with Crippen LogP contribution in [0.25, 0.3) is 0 Å². The van der Waals surface area contributed by atoms with Gasteiger partial charge in [0.2, 0.25) is 0 Å². The Morgan fingerprint density at radius 3 is 2.60 bits per heavy atom. The summed E-state index contributed by atoms with van der Waals surface area (Å²) in [5.74, 6) is 0.0158. The number of carbonyl (C=O) groups excluding carboxylic acids is 1. The molecule has 0 amide bonds. The van der Waals surface area contributed by atoms with Gasteiger partial charge in [0.15, 0.2) is 5.78 Å². The third kappa shape index (κ3) is 1.78. The lowest BCUT2D eigenvalue weighted by atomic mass is 9.96. The van der Waals surface area contributed by atoms with E-state index in [-0.39, 0.29) is 18.3 Å². The lowest BCUT2D eigenvalue weighted by molar-refractivity contribution is -0.128. The summed E-state index contributed by atoms with van der Waals surface area (Å²) < 4.78 is 5.06. The Hall–Kier alpha value is -0.410. The highest BCUT2D eigenvalue weighted by Gasteiger charge is 2.19. The van der Waals surface area contributed by atoms with Crippen LogP contribution in [0.5, 0.6) is 0 Å². The van der Waals surface area contributed by atoms with Crippen LogP contribution in [-0.4, -0.2) is 30.7 Å². The first-order valence-electron chi connectivity index (χ1n) is 3.56. The van der Waals surface area contributed by atoms with Crippen LogP contribution < -0.4 is 0 Å². The molecule has 1 heterocycles. The summed E-state index contributed by atoms with van der Waals surface area (Å²) in [6.45, 7) is 1.01.